The number of sulfonamides is 1. The topological polar surface area (TPSA) is 55.4 Å². The lowest BCUT2D eigenvalue weighted by molar-refractivity contribution is 0.483. The molecule has 7 heteroatoms. The van der Waals surface area contributed by atoms with Crippen LogP contribution in [0, 0.1) is 6.92 Å². The summed E-state index contributed by atoms with van der Waals surface area (Å²) >= 11 is 11.9. The summed E-state index contributed by atoms with van der Waals surface area (Å²) in [5, 5.41) is 0.894. The summed E-state index contributed by atoms with van der Waals surface area (Å²) in [6, 6.07) is 16.6. The van der Waals surface area contributed by atoms with Crippen LogP contribution in [0.2, 0.25) is 10.0 Å². The van der Waals surface area contributed by atoms with E-state index < -0.39 is 10.0 Å². The van der Waals surface area contributed by atoms with E-state index in [0.717, 1.165) is 22.3 Å². The van der Waals surface area contributed by atoms with Gasteiger partial charge in [-0.1, -0.05) is 47.0 Å². The molecule has 0 fully saturated rings. The monoisotopic (exact) mass is 433 g/mol. The molecule has 1 aliphatic heterocycles. The fraction of sp³-hybridized carbons (Fsp3) is 0.143. The number of fused-ring (bicyclic) bond motifs is 1. The molecule has 3 aromatic carbocycles. The lowest BCUT2D eigenvalue weighted by Crippen LogP contribution is -2.24. The van der Waals surface area contributed by atoms with Crippen LogP contribution in [-0.4, -0.2) is 14.2 Å². The second kappa shape index (κ2) is 7.32. The summed E-state index contributed by atoms with van der Waals surface area (Å²) in [5.41, 5.74) is 4.53. The molecule has 144 valence electrons. The average molecular weight is 434 g/mol. The van der Waals surface area contributed by atoms with E-state index in [1.165, 1.54) is 0 Å². The smallest absolute Gasteiger partial charge is 0.233 e. The van der Waals surface area contributed by atoms with Gasteiger partial charge < -0.3 is 4.74 Å². The zero-order valence-corrected chi connectivity index (χ0v) is 17.3. The summed E-state index contributed by atoms with van der Waals surface area (Å²) in [6.45, 7) is 2.01. The molecular weight excluding hydrogens is 417 g/mol. The first-order valence-electron chi connectivity index (χ1n) is 8.68. The molecule has 0 atom stereocenters. The third-order valence-corrected chi connectivity index (χ3v) is 6.55. The highest BCUT2D eigenvalue weighted by atomic mass is 35.5. The Balaban J connectivity index is 1.66. The van der Waals surface area contributed by atoms with Crippen LogP contribution in [0.4, 0.5) is 5.69 Å². The molecule has 0 aliphatic carbocycles. The van der Waals surface area contributed by atoms with Crippen molar-refractivity contribution in [2.24, 2.45) is 0 Å². The molecule has 4 rings (SSSR count). The Labute approximate surface area is 174 Å². The standard InChI is InChI=1S/C21H17Cl2NO3S/c1-13-10-15-8-9-28(25,26)24-21(15)18(11-13)14-2-4-16(5-3-14)27-17-6-7-19(22)20(23)12-17/h2-7,10-12,24H,8-9H2,1H3. The van der Waals surface area contributed by atoms with E-state index in [1.54, 1.807) is 18.2 Å². The van der Waals surface area contributed by atoms with Crippen molar-refractivity contribution >= 4 is 38.9 Å². The zero-order valence-electron chi connectivity index (χ0n) is 15.0. The van der Waals surface area contributed by atoms with Gasteiger partial charge in [-0.3, -0.25) is 4.72 Å². The molecule has 0 bridgehead atoms. The number of benzene rings is 3. The highest BCUT2D eigenvalue weighted by Gasteiger charge is 2.23. The van der Waals surface area contributed by atoms with Gasteiger partial charge >= 0.3 is 0 Å². The lowest BCUT2D eigenvalue weighted by Gasteiger charge is -2.22. The second-order valence-electron chi connectivity index (χ2n) is 6.72. The molecule has 1 heterocycles. The van der Waals surface area contributed by atoms with Crippen LogP contribution in [0.15, 0.2) is 54.6 Å². The molecule has 1 aliphatic rings. The van der Waals surface area contributed by atoms with Crippen molar-refractivity contribution in [3.63, 3.8) is 0 Å². The molecule has 0 spiro atoms. The van der Waals surface area contributed by atoms with Crippen LogP contribution in [-0.2, 0) is 16.4 Å². The fourth-order valence-corrected chi connectivity index (χ4v) is 4.67. The summed E-state index contributed by atoms with van der Waals surface area (Å²) in [5.74, 6) is 1.34. The van der Waals surface area contributed by atoms with Crippen LogP contribution in [0.3, 0.4) is 0 Å². The van der Waals surface area contributed by atoms with E-state index in [9.17, 15) is 8.42 Å². The van der Waals surface area contributed by atoms with Gasteiger partial charge in [-0.05, 0) is 54.8 Å². The molecule has 4 nitrogen and oxygen atoms in total. The first-order chi connectivity index (χ1) is 13.3. The first-order valence-corrected chi connectivity index (χ1v) is 11.1. The van der Waals surface area contributed by atoms with Crippen molar-refractivity contribution < 1.29 is 13.2 Å². The molecule has 0 radical (unpaired) electrons. The van der Waals surface area contributed by atoms with E-state index in [4.69, 9.17) is 27.9 Å². The highest BCUT2D eigenvalue weighted by Crippen LogP contribution is 2.37. The van der Waals surface area contributed by atoms with E-state index in [2.05, 4.69) is 4.72 Å². The second-order valence-corrected chi connectivity index (χ2v) is 9.38. The lowest BCUT2D eigenvalue weighted by atomic mass is 9.96. The number of anilines is 1. The zero-order chi connectivity index (χ0) is 19.9. The molecule has 28 heavy (non-hydrogen) atoms. The van der Waals surface area contributed by atoms with Gasteiger partial charge in [-0.15, -0.1) is 0 Å². The van der Waals surface area contributed by atoms with Crippen LogP contribution < -0.4 is 9.46 Å². The van der Waals surface area contributed by atoms with Gasteiger partial charge in [-0.2, -0.15) is 0 Å². The SMILES string of the molecule is Cc1cc2c(c(-c3ccc(Oc4ccc(Cl)c(Cl)c4)cc3)c1)NS(=O)(=O)CC2. The largest absolute Gasteiger partial charge is 0.457 e. The van der Waals surface area contributed by atoms with Gasteiger partial charge in [0.15, 0.2) is 0 Å². The summed E-state index contributed by atoms with van der Waals surface area (Å²) < 4.78 is 32.6. The van der Waals surface area contributed by atoms with Gasteiger partial charge in [0.05, 0.1) is 21.5 Å². The van der Waals surface area contributed by atoms with Gasteiger partial charge in [0.1, 0.15) is 11.5 Å². The van der Waals surface area contributed by atoms with Gasteiger partial charge in [0, 0.05) is 11.6 Å². The van der Waals surface area contributed by atoms with Crippen molar-refractivity contribution in [2.45, 2.75) is 13.3 Å². The summed E-state index contributed by atoms with van der Waals surface area (Å²) in [7, 11) is -3.29. The predicted molar refractivity (Wildman–Crippen MR) is 114 cm³/mol. The maximum atomic E-state index is 12.0. The van der Waals surface area contributed by atoms with Crippen molar-refractivity contribution in [3.8, 4) is 22.6 Å². The van der Waals surface area contributed by atoms with Crippen molar-refractivity contribution in [1.29, 1.82) is 0 Å². The number of hydrogen-bond donors (Lipinski definition) is 1. The Morgan fingerprint density at radius 2 is 1.64 bits per heavy atom. The van der Waals surface area contributed by atoms with Gasteiger partial charge in [0.25, 0.3) is 0 Å². The average Bonchev–Trinajstić information content (AvgIpc) is 2.65. The van der Waals surface area contributed by atoms with Crippen molar-refractivity contribution in [3.05, 3.63) is 75.8 Å². The number of ether oxygens (including phenoxy) is 1. The maximum Gasteiger partial charge on any atom is 0.233 e. The molecular formula is C21H17Cl2NO3S. The summed E-state index contributed by atoms with van der Waals surface area (Å²) in [6.07, 6.45) is 0.512. The molecule has 0 amide bonds. The number of nitrogens with one attached hydrogen (secondary N) is 1. The number of halogens is 2. The first kappa shape index (κ1) is 19.1. The third-order valence-electron chi connectivity index (χ3n) is 4.55. The summed E-state index contributed by atoms with van der Waals surface area (Å²) in [4.78, 5) is 0. The van der Waals surface area contributed by atoms with E-state index >= 15 is 0 Å². The molecule has 0 aromatic heterocycles. The number of rotatable bonds is 3. The molecule has 1 N–H and O–H groups in total. The Morgan fingerprint density at radius 3 is 2.36 bits per heavy atom. The van der Waals surface area contributed by atoms with Crippen molar-refractivity contribution in [1.82, 2.24) is 0 Å². The molecule has 3 aromatic rings. The van der Waals surface area contributed by atoms with E-state index in [-0.39, 0.29) is 5.75 Å². The van der Waals surface area contributed by atoms with Crippen LogP contribution in [0.1, 0.15) is 11.1 Å². The van der Waals surface area contributed by atoms with E-state index in [0.29, 0.717) is 33.7 Å². The number of hydrogen-bond acceptors (Lipinski definition) is 3. The third kappa shape index (κ3) is 3.97. The van der Waals surface area contributed by atoms with Crippen molar-refractivity contribution in [2.75, 3.05) is 10.5 Å². The molecule has 0 unspecified atom stereocenters. The normalized spacial score (nSPS) is 14.8. The van der Waals surface area contributed by atoms with Crippen LogP contribution in [0.25, 0.3) is 11.1 Å². The Bertz CT molecular complexity index is 1160. The maximum absolute atomic E-state index is 12.0. The predicted octanol–water partition coefficient (Wildman–Crippen LogP) is 6.06. The highest BCUT2D eigenvalue weighted by molar-refractivity contribution is 7.92. The van der Waals surface area contributed by atoms with Gasteiger partial charge in [-0.25, -0.2) is 8.42 Å². The van der Waals surface area contributed by atoms with Gasteiger partial charge in [0.2, 0.25) is 10.0 Å². The number of aryl methyl sites for hydroxylation is 2. The minimum Gasteiger partial charge on any atom is -0.457 e. The Morgan fingerprint density at radius 1 is 0.929 bits per heavy atom. The quantitative estimate of drug-likeness (QED) is 0.545. The molecule has 0 saturated carbocycles. The van der Waals surface area contributed by atoms with Crippen LogP contribution in [0.5, 0.6) is 11.5 Å². The Kier molecular flexibility index (Phi) is 5.00. The minimum absolute atomic E-state index is 0.110. The molecule has 0 saturated heterocycles. The van der Waals surface area contributed by atoms with E-state index in [1.807, 2.05) is 43.3 Å². The van der Waals surface area contributed by atoms with Crippen LogP contribution >= 0.6 is 23.2 Å². The fourth-order valence-electron chi connectivity index (χ4n) is 3.24. The minimum atomic E-state index is -3.29. The Hall–Kier alpha value is -2.21.